The molecule has 2 N–H and O–H groups in total. The van der Waals surface area contributed by atoms with Crippen molar-refractivity contribution in [2.75, 3.05) is 30.4 Å². The van der Waals surface area contributed by atoms with E-state index in [0.717, 1.165) is 29.4 Å². The Kier molecular flexibility index (Phi) is 7.10. The summed E-state index contributed by atoms with van der Waals surface area (Å²) in [5.74, 6) is 0.465. The second-order valence-corrected chi connectivity index (χ2v) is 9.63. The third-order valence-corrected chi connectivity index (χ3v) is 5.89. The molecule has 1 fully saturated rings. The Morgan fingerprint density at radius 1 is 1.06 bits per heavy atom. The Hall–Kier alpha value is -3.81. The van der Waals surface area contributed by atoms with Crippen LogP contribution in [-0.4, -0.2) is 48.8 Å². The Labute approximate surface area is 205 Å². The molecule has 0 atom stereocenters. The average molecular weight is 477 g/mol. The number of hydrogen-bond donors (Lipinski definition) is 2. The lowest BCUT2D eigenvalue weighted by molar-refractivity contribution is 0.0497. The molecule has 2 aromatic carbocycles. The number of pyridine rings is 1. The largest absolute Gasteiger partial charge is 0.497 e. The summed E-state index contributed by atoms with van der Waals surface area (Å²) in [6.45, 7) is 6.91. The van der Waals surface area contributed by atoms with Crippen LogP contribution in [0.4, 0.5) is 16.2 Å². The van der Waals surface area contributed by atoms with Gasteiger partial charge in [0.15, 0.2) is 0 Å². The number of fused-ring (bicyclic) bond motifs is 1. The number of aromatic nitrogens is 1. The fourth-order valence-electron chi connectivity index (χ4n) is 4.23. The van der Waals surface area contributed by atoms with Crippen LogP contribution in [0.15, 0.2) is 54.7 Å². The predicted octanol–water partition coefficient (Wildman–Crippen LogP) is 4.99. The summed E-state index contributed by atoms with van der Waals surface area (Å²) in [4.78, 5) is 32.1. The van der Waals surface area contributed by atoms with E-state index in [4.69, 9.17) is 9.47 Å². The van der Waals surface area contributed by atoms with Crippen molar-refractivity contribution in [3.8, 4) is 5.75 Å². The quantitative estimate of drug-likeness (QED) is 0.539. The number of methoxy groups -OCH3 is 1. The van der Waals surface area contributed by atoms with Crippen LogP contribution in [0.5, 0.6) is 5.75 Å². The molecule has 184 valence electrons. The number of ether oxygens (including phenoxy) is 2. The highest BCUT2D eigenvalue weighted by molar-refractivity contribution is 6.11. The number of benzene rings is 2. The molecule has 1 aromatic heterocycles. The third-order valence-electron chi connectivity index (χ3n) is 5.89. The van der Waals surface area contributed by atoms with E-state index in [9.17, 15) is 9.59 Å². The number of alkyl carbamates (subject to hydrolysis) is 1. The fraction of sp³-hybridized carbons (Fsp3) is 0.370. The molecule has 2 amide bonds. The highest BCUT2D eigenvalue weighted by Crippen LogP contribution is 2.30. The van der Waals surface area contributed by atoms with Crippen molar-refractivity contribution in [3.05, 3.63) is 60.3 Å². The maximum absolute atomic E-state index is 13.4. The first-order valence-electron chi connectivity index (χ1n) is 11.8. The minimum Gasteiger partial charge on any atom is -0.497 e. The molecule has 0 radical (unpaired) electrons. The Balaban J connectivity index is 1.50. The second kappa shape index (κ2) is 10.2. The summed E-state index contributed by atoms with van der Waals surface area (Å²) in [6, 6.07) is 15.0. The van der Waals surface area contributed by atoms with Gasteiger partial charge >= 0.3 is 6.09 Å². The Morgan fingerprint density at radius 2 is 1.80 bits per heavy atom. The molecular formula is C27H32N4O4. The maximum atomic E-state index is 13.4. The van der Waals surface area contributed by atoms with E-state index in [0.29, 0.717) is 30.1 Å². The molecule has 3 aromatic rings. The summed E-state index contributed by atoms with van der Waals surface area (Å²) >= 11 is 0. The number of nitrogens with one attached hydrogen (secondary N) is 2. The molecule has 0 aliphatic carbocycles. The number of carbonyl (C=O) groups excluding carboxylic acids is 2. The van der Waals surface area contributed by atoms with Crippen molar-refractivity contribution in [1.29, 1.82) is 0 Å². The normalized spacial score (nSPS) is 14.5. The molecule has 35 heavy (non-hydrogen) atoms. The summed E-state index contributed by atoms with van der Waals surface area (Å²) in [5, 5.41) is 6.95. The lowest BCUT2D eigenvalue weighted by Gasteiger charge is -2.35. The van der Waals surface area contributed by atoms with E-state index < -0.39 is 11.7 Å². The average Bonchev–Trinajstić information content (AvgIpc) is 2.83. The smallest absolute Gasteiger partial charge is 0.407 e. The molecule has 4 rings (SSSR count). The Bertz CT molecular complexity index is 1210. The minimum absolute atomic E-state index is 0.0192. The number of carbonyl (C=O) groups is 2. The van der Waals surface area contributed by atoms with Crippen LogP contribution < -0.4 is 20.3 Å². The van der Waals surface area contributed by atoms with Gasteiger partial charge in [-0.3, -0.25) is 9.78 Å². The van der Waals surface area contributed by atoms with Crippen molar-refractivity contribution in [2.45, 2.75) is 45.3 Å². The molecule has 2 heterocycles. The molecule has 8 heteroatoms. The van der Waals surface area contributed by atoms with Crippen molar-refractivity contribution < 1.29 is 19.1 Å². The van der Waals surface area contributed by atoms with Crippen molar-refractivity contribution >= 4 is 34.3 Å². The highest BCUT2D eigenvalue weighted by Gasteiger charge is 2.26. The van der Waals surface area contributed by atoms with Gasteiger partial charge < -0.3 is 25.0 Å². The molecule has 0 saturated carbocycles. The monoisotopic (exact) mass is 476 g/mol. The van der Waals surface area contributed by atoms with Crippen LogP contribution in [0.25, 0.3) is 10.9 Å². The van der Waals surface area contributed by atoms with E-state index in [1.165, 1.54) is 0 Å². The molecule has 0 bridgehead atoms. The van der Waals surface area contributed by atoms with E-state index in [2.05, 4.69) is 20.5 Å². The first-order valence-corrected chi connectivity index (χ1v) is 11.8. The third kappa shape index (κ3) is 6.01. The zero-order valence-corrected chi connectivity index (χ0v) is 20.6. The molecule has 0 spiro atoms. The van der Waals surface area contributed by atoms with Crippen LogP contribution >= 0.6 is 0 Å². The number of amides is 2. The van der Waals surface area contributed by atoms with Crippen LogP contribution in [-0.2, 0) is 4.74 Å². The van der Waals surface area contributed by atoms with Crippen molar-refractivity contribution in [1.82, 2.24) is 10.3 Å². The number of nitrogens with zero attached hydrogens (tertiary/aromatic N) is 2. The van der Waals surface area contributed by atoms with E-state index in [1.807, 2.05) is 57.2 Å². The summed E-state index contributed by atoms with van der Waals surface area (Å²) in [7, 11) is 1.61. The standard InChI is InChI=1S/C27H32N4O4/c1-27(2,3)35-26(33)29-19-12-15-31(16-13-19)23-17-20(34-4)10-11-21(23)25(32)30-22-9-5-7-18-8-6-14-28-24(18)22/h5-11,14,17,19H,12-13,15-16H2,1-4H3,(H,29,33)(H,30,32). The van der Waals surface area contributed by atoms with Gasteiger partial charge in [0.2, 0.25) is 0 Å². The molecule has 1 aliphatic heterocycles. The van der Waals surface area contributed by atoms with Crippen molar-refractivity contribution in [2.24, 2.45) is 0 Å². The van der Waals surface area contributed by atoms with Crippen LogP contribution in [0.3, 0.4) is 0 Å². The van der Waals surface area contributed by atoms with Crippen molar-refractivity contribution in [3.63, 3.8) is 0 Å². The van der Waals surface area contributed by atoms with Crippen LogP contribution in [0, 0.1) is 0 Å². The molecule has 0 unspecified atom stereocenters. The summed E-state index contributed by atoms with van der Waals surface area (Å²) < 4.78 is 10.8. The van der Waals surface area contributed by atoms with Gasteiger partial charge in [0, 0.05) is 36.8 Å². The van der Waals surface area contributed by atoms with E-state index in [-0.39, 0.29) is 11.9 Å². The van der Waals surface area contributed by atoms with Gasteiger partial charge in [-0.1, -0.05) is 18.2 Å². The van der Waals surface area contributed by atoms with Gasteiger partial charge in [-0.15, -0.1) is 0 Å². The number of rotatable bonds is 5. The lowest BCUT2D eigenvalue weighted by atomic mass is 10.0. The molecular weight excluding hydrogens is 444 g/mol. The lowest BCUT2D eigenvalue weighted by Crippen LogP contribution is -2.46. The number of para-hydroxylation sites is 1. The summed E-state index contributed by atoms with van der Waals surface area (Å²) in [5.41, 5.74) is 2.22. The summed E-state index contributed by atoms with van der Waals surface area (Å²) in [6.07, 6.45) is 2.79. The first-order chi connectivity index (χ1) is 16.7. The maximum Gasteiger partial charge on any atom is 0.407 e. The number of hydrogen-bond acceptors (Lipinski definition) is 6. The van der Waals surface area contributed by atoms with Gasteiger partial charge in [0.05, 0.1) is 29.6 Å². The van der Waals surface area contributed by atoms with Gasteiger partial charge in [0.1, 0.15) is 11.4 Å². The predicted molar refractivity (Wildman–Crippen MR) is 137 cm³/mol. The molecule has 8 nitrogen and oxygen atoms in total. The number of piperidine rings is 1. The van der Waals surface area contributed by atoms with E-state index >= 15 is 0 Å². The Morgan fingerprint density at radius 3 is 2.51 bits per heavy atom. The zero-order valence-electron chi connectivity index (χ0n) is 20.6. The molecule has 1 aliphatic rings. The van der Waals surface area contributed by atoms with Gasteiger partial charge in [-0.2, -0.15) is 0 Å². The van der Waals surface area contributed by atoms with Gasteiger partial charge in [-0.25, -0.2) is 4.79 Å². The second-order valence-electron chi connectivity index (χ2n) is 9.63. The van der Waals surface area contributed by atoms with Crippen LogP contribution in [0.2, 0.25) is 0 Å². The number of anilines is 2. The van der Waals surface area contributed by atoms with E-state index in [1.54, 1.807) is 25.4 Å². The van der Waals surface area contributed by atoms with Crippen LogP contribution in [0.1, 0.15) is 44.0 Å². The minimum atomic E-state index is -0.534. The molecule has 1 saturated heterocycles. The van der Waals surface area contributed by atoms with Gasteiger partial charge in [0.25, 0.3) is 5.91 Å². The first kappa shape index (κ1) is 24.3. The topological polar surface area (TPSA) is 92.8 Å². The SMILES string of the molecule is COc1ccc(C(=O)Nc2cccc3cccnc23)c(N2CCC(NC(=O)OC(C)(C)C)CC2)c1. The zero-order chi connectivity index (χ0) is 25.0. The van der Waals surface area contributed by atoms with Gasteiger partial charge in [-0.05, 0) is 57.9 Å². The fourth-order valence-corrected chi connectivity index (χ4v) is 4.23. The highest BCUT2D eigenvalue weighted by atomic mass is 16.6.